The van der Waals surface area contributed by atoms with Gasteiger partial charge in [0.15, 0.2) is 6.29 Å². The topological polar surface area (TPSA) is 60.7 Å². The molecule has 0 atom stereocenters. The molecule has 5 heteroatoms. The fourth-order valence-electron chi connectivity index (χ4n) is 1.03. The van der Waals surface area contributed by atoms with Gasteiger partial charge in [0.25, 0.3) is 0 Å². The van der Waals surface area contributed by atoms with Crippen molar-refractivity contribution in [1.82, 2.24) is 19.7 Å². The van der Waals surface area contributed by atoms with Crippen molar-refractivity contribution < 1.29 is 4.79 Å². The molecule has 14 heavy (non-hydrogen) atoms. The van der Waals surface area contributed by atoms with Gasteiger partial charge in [-0.3, -0.25) is 4.79 Å². The maximum atomic E-state index is 10.4. The summed E-state index contributed by atoms with van der Waals surface area (Å²) in [5.74, 6) is 0.462. The van der Waals surface area contributed by atoms with Crippen LogP contribution in [0.4, 0.5) is 0 Å². The van der Waals surface area contributed by atoms with E-state index >= 15 is 0 Å². The lowest BCUT2D eigenvalue weighted by molar-refractivity contribution is 0.112. The van der Waals surface area contributed by atoms with Crippen molar-refractivity contribution in [3.63, 3.8) is 0 Å². The molecule has 0 aromatic carbocycles. The van der Waals surface area contributed by atoms with Crippen LogP contribution >= 0.6 is 0 Å². The molecule has 0 fully saturated rings. The van der Waals surface area contributed by atoms with Crippen molar-refractivity contribution in [3.05, 3.63) is 35.9 Å². The molecule has 0 amide bonds. The van der Waals surface area contributed by atoms with Crippen molar-refractivity contribution >= 4 is 6.29 Å². The number of aryl methyl sites for hydroxylation is 1. The van der Waals surface area contributed by atoms with Gasteiger partial charge in [0.1, 0.15) is 0 Å². The average Bonchev–Trinajstić information content (AvgIpc) is 2.65. The Bertz CT molecular complexity index is 446. The van der Waals surface area contributed by atoms with Crippen LogP contribution in [0.2, 0.25) is 0 Å². The maximum Gasteiger partial charge on any atom is 0.250 e. The zero-order valence-corrected chi connectivity index (χ0v) is 7.58. The molecular weight excluding hydrogens is 180 g/mol. The summed E-state index contributed by atoms with van der Waals surface area (Å²) in [5, 5.41) is 4.04. The molecule has 2 rings (SSSR count). The van der Waals surface area contributed by atoms with Gasteiger partial charge in [0.05, 0.1) is 11.8 Å². The highest BCUT2D eigenvalue weighted by Crippen LogP contribution is 2.01. The lowest BCUT2D eigenvalue weighted by Gasteiger charge is -1.97. The smallest absolute Gasteiger partial charge is 0.250 e. The molecule has 2 heterocycles. The van der Waals surface area contributed by atoms with Gasteiger partial charge in [-0.05, 0) is 12.5 Å². The second-order valence-electron chi connectivity index (χ2n) is 2.90. The van der Waals surface area contributed by atoms with Gasteiger partial charge in [-0.2, -0.15) is 5.10 Å². The van der Waals surface area contributed by atoms with E-state index in [4.69, 9.17) is 0 Å². The Balaban J connectivity index is 2.38. The standard InChI is InChI=1S/C9H8N4O/c1-7-2-12-13(5-7)9-10-3-8(6-14)4-11-9/h2-6H,1H3. The summed E-state index contributed by atoms with van der Waals surface area (Å²) in [5.41, 5.74) is 1.49. The van der Waals surface area contributed by atoms with E-state index in [1.54, 1.807) is 10.9 Å². The number of hydrogen-bond donors (Lipinski definition) is 0. The predicted octanol–water partition coefficient (Wildman–Crippen LogP) is 0.783. The molecule has 0 N–H and O–H groups in total. The van der Waals surface area contributed by atoms with Crippen molar-refractivity contribution in [1.29, 1.82) is 0 Å². The summed E-state index contributed by atoms with van der Waals surface area (Å²) in [6.07, 6.45) is 7.17. The van der Waals surface area contributed by atoms with Gasteiger partial charge in [0.2, 0.25) is 5.95 Å². The number of aldehydes is 1. The van der Waals surface area contributed by atoms with Crippen molar-refractivity contribution in [2.75, 3.05) is 0 Å². The monoisotopic (exact) mass is 188 g/mol. The third kappa shape index (κ3) is 1.52. The summed E-state index contributed by atoms with van der Waals surface area (Å²) in [6, 6.07) is 0. The Morgan fingerprint density at radius 1 is 1.29 bits per heavy atom. The van der Waals surface area contributed by atoms with E-state index < -0.39 is 0 Å². The fraction of sp³-hybridized carbons (Fsp3) is 0.111. The minimum absolute atomic E-state index is 0.456. The van der Waals surface area contributed by atoms with E-state index in [1.165, 1.54) is 12.4 Å². The van der Waals surface area contributed by atoms with Gasteiger partial charge in [0, 0.05) is 18.6 Å². The molecule has 0 saturated carbocycles. The number of rotatable bonds is 2. The molecule has 2 aromatic heterocycles. The van der Waals surface area contributed by atoms with Gasteiger partial charge in [-0.25, -0.2) is 14.6 Å². The Morgan fingerprint density at radius 3 is 2.50 bits per heavy atom. The van der Waals surface area contributed by atoms with E-state index in [-0.39, 0.29) is 0 Å². The maximum absolute atomic E-state index is 10.4. The fourth-order valence-corrected chi connectivity index (χ4v) is 1.03. The van der Waals surface area contributed by atoms with Gasteiger partial charge >= 0.3 is 0 Å². The van der Waals surface area contributed by atoms with Crippen LogP contribution in [0.25, 0.3) is 5.95 Å². The first-order chi connectivity index (χ1) is 6.79. The van der Waals surface area contributed by atoms with Crippen LogP contribution in [0.15, 0.2) is 24.8 Å². The molecule has 0 saturated heterocycles. The molecule has 70 valence electrons. The Kier molecular flexibility index (Phi) is 2.06. The normalized spacial score (nSPS) is 10.1. The molecule has 0 aliphatic carbocycles. The van der Waals surface area contributed by atoms with Gasteiger partial charge in [-0.1, -0.05) is 0 Å². The molecule has 0 bridgehead atoms. The van der Waals surface area contributed by atoms with Crippen LogP contribution in [0.3, 0.4) is 0 Å². The first-order valence-electron chi connectivity index (χ1n) is 4.08. The summed E-state index contributed by atoms with van der Waals surface area (Å²) >= 11 is 0. The van der Waals surface area contributed by atoms with Crippen LogP contribution in [0.1, 0.15) is 15.9 Å². The second-order valence-corrected chi connectivity index (χ2v) is 2.90. The molecule has 0 spiro atoms. The van der Waals surface area contributed by atoms with Crippen LogP contribution < -0.4 is 0 Å². The van der Waals surface area contributed by atoms with Crippen molar-refractivity contribution in [2.45, 2.75) is 6.92 Å². The Labute approximate surface area is 80.4 Å². The lowest BCUT2D eigenvalue weighted by Crippen LogP contribution is -2.01. The predicted molar refractivity (Wildman–Crippen MR) is 49.3 cm³/mol. The molecule has 2 aromatic rings. The number of hydrogen-bond acceptors (Lipinski definition) is 4. The summed E-state index contributed by atoms with van der Waals surface area (Å²) in [4.78, 5) is 18.3. The van der Waals surface area contributed by atoms with E-state index in [0.717, 1.165) is 5.56 Å². The molecule has 5 nitrogen and oxygen atoms in total. The van der Waals surface area contributed by atoms with Gasteiger partial charge in [-0.15, -0.1) is 0 Å². The summed E-state index contributed by atoms with van der Waals surface area (Å²) in [7, 11) is 0. The van der Waals surface area contributed by atoms with Crippen LogP contribution in [-0.2, 0) is 0 Å². The lowest BCUT2D eigenvalue weighted by atomic mass is 10.4. The quantitative estimate of drug-likeness (QED) is 0.653. The average molecular weight is 188 g/mol. The second kappa shape index (κ2) is 3.37. The first-order valence-corrected chi connectivity index (χ1v) is 4.08. The van der Waals surface area contributed by atoms with E-state index in [1.807, 2.05) is 13.1 Å². The molecule has 0 unspecified atom stereocenters. The van der Waals surface area contributed by atoms with E-state index in [9.17, 15) is 4.79 Å². The van der Waals surface area contributed by atoms with E-state index in [2.05, 4.69) is 15.1 Å². The summed E-state index contributed by atoms with van der Waals surface area (Å²) in [6.45, 7) is 1.93. The van der Waals surface area contributed by atoms with E-state index in [0.29, 0.717) is 17.8 Å². The number of carbonyl (C=O) groups excluding carboxylic acids is 1. The molecular formula is C9H8N4O. The summed E-state index contributed by atoms with van der Waals surface area (Å²) < 4.78 is 1.56. The van der Waals surface area contributed by atoms with Crippen LogP contribution in [0.5, 0.6) is 0 Å². The van der Waals surface area contributed by atoms with Gasteiger partial charge < -0.3 is 0 Å². The number of carbonyl (C=O) groups is 1. The number of aromatic nitrogens is 4. The highest BCUT2D eigenvalue weighted by atomic mass is 16.1. The highest BCUT2D eigenvalue weighted by molar-refractivity contribution is 5.73. The molecule has 0 aliphatic heterocycles. The van der Waals surface area contributed by atoms with Crippen molar-refractivity contribution in [2.24, 2.45) is 0 Å². The molecule has 0 aliphatic rings. The van der Waals surface area contributed by atoms with Crippen molar-refractivity contribution in [3.8, 4) is 5.95 Å². The zero-order chi connectivity index (χ0) is 9.97. The number of nitrogens with zero attached hydrogens (tertiary/aromatic N) is 4. The SMILES string of the molecule is Cc1cnn(-c2ncc(C=O)cn2)c1. The van der Waals surface area contributed by atoms with Crippen LogP contribution in [0, 0.1) is 6.92 Å². The largest absolute Gasteiger partial charge is 0.298 e. The first kappa shape index (κ1) is 8.55. The van der Waals surface area contributed by atoms with Crippen LogP contribution in [-0.4, -0.2) is 26.0 Å². The third-order valence-electron chi connectivity index (χ3n) is 1.71. The highest BCUT2D eigenvalue weighted by Gasteiger charge is 2.00. The third-order valence-corrected chi connectivity index (χ3v) is 1.71. The Hall–Kier alpha value is -2.04. The minimum Gasteiger partial charge on any atom is -0.298 e. The zero-order valence-electron chi connectivity index (χ0n) is 7.58. The molecule has 0 radical (unpaired) electrons. The minimum atomic E-state index is 0.456. The Morgan fingerprint density at radius 2 is 2.00 bits per heavy atom.